The lowest BCUT2D eigenvalue weighted by molar-refractivity contribution is 0.387. The van der Waals surface area contributed by atoms with Crippen molar-refractivity contribution in [1.82, 2.24) is 0 Å². The molecule has 0 saturated carbocycles. The fraction of sp³-hybridized carbons (Fsp3) is 0.0625. The van der Waals surface area contributed by atoms with Crippen LogP contribution in [-0.2, 0) is 0 Å². The van der Waals surface area contributed by atoms with Gasteiger partial charge in [0.15, 0.2) is 16.9 Å². The van der Waals surface area contributed by atoms with Gasteiger partial charge in [0.1, 0.15) is 23.0 Å². The number of benzene rings is 1. The SMILES string of the molecule is Cc1cc(O)cc(=O)cc(O)c(O)c(-c2ccc(O)cc2O)o1. The van der Waals surface area contributed by atoms with Gasteiger partial charge >= 0.3 is 0 Å². The second kappa shape index (κ2) is 6.18. The third-order valence-corrected chi connectivity index (χ3v) is 2.87. The molecule has 23 heavy (non-hydrogen) atoms. The zero-order chi connectivity index (χ0) is 17.1. The Kier molecular flexibility index (Phi) is 4.31. The summed E-state index contributed by atoms with van der Waals surface area (Å²) in [6.07, 6.45) is 0. The van der Waals surface area contributed by atoms with Gasteiger partial charge < -0.3 is 29.9 Å². The molecule has 0 bridgehead atoms. The molecule has 1 aromatic heterocycles. The quantitative estimate of drug-likeness (QED) is 0.545. The van der Waals surface area contributed by atoms with Crippen molar-refractivity contribution in [2.75, 3.05) is 0 Å². The molecule has 0 fully saturated rings. The summed E-state index contributed by atoms with van der Waals surface area (Å²) in [6.45, 7) is 1.43. The van der Waals surface area contributed by atoms with Crippen LogP contribution < -0.4 is 5.43 Å². The first-order valence-electron chi connectivity index (χ1n) is 6.45. The summed E-state index contributed by atoms with van der Waals surface area (Å²) in [5.41, 5.74) is -0.795. The molecular formula is C16H14O7. The molecular weight excluding hydrogens is 304 g/mol. The van der Waals surface area contributed by atoms with Crippen LogP contribution in [0.25, 0.3) is 11.3 Å². The van der Waals surface area contributed by atoms with Crippen LogP contribution in [0.1, 0.15) is 5.76 Å². The highest BCUT2D eigenvalue weighted by molar-refractivity contribution is 5.72. The van der Waals surface area contributed by atoms with E-state index in [0.717, 1.165) is 18.2 Å². The van der Waals surface area contributed by atoms with Crippen LogP contribution in [0.15, 0.2) is 45.6 Å². The van der Waals surface area contributed by atoms with Crippen molar-refractivity contribution in [3.63, 3.8) is 0 Å². The molecule has 0 aliphatic heterocycles. The van der Waals surface area contributed by atoms with Crippen LogP contribution in [0.4, 0.5) is 0 Å². The summed E-state index contributed by atoms with van der Waals surface area (Å²) in [4.78, 5) is 11.6. The summed E-state index contributed by atoms with van der Waals surface area (Å²) in [5, 5.41) is 48.7. The van der Waals surface area contributed by atoms with Crippen LogP contribution in [0, 0.1) is 6.92 Å². The first-order chi connectivity index (χ1) is 10.8. The highest BCUT2D eigenvalue weighted by Gasteiger charge is 2.15. The summed E-state index contributed by atoms with van der Waals surface area (Å²) < 4.78 is 5.36. The van der Waals surface area contributed by atoms with Crippen LogP contribution >= 0.6 is 0 Å². The molecule has 0 spiro atoms. The molecule has 0 aliphatic carbocycles. The monoisotopic (exact) mass is 318 g/mol. The number of phenols is 2. The van der Waals surface area contributed by atoms with Gasteiger partial charge in [-0.05, 0) is 19.1 Å². The largest absolute Gasteiger partial charge is 0.508 e. The topological polar surface area (TPSA) is 131 Å². The van der Waals surface area contributed by atoms with Gasteiger partial charge in [0.2, 0.25) is 5.75 Å². The van der Waals surface area contributed by atoms with E-state index in [1.54, 1.807) is 0 Å². The Balaban J connectivity index is 2.94. The average Bonchev–Trinajstić information content (AvgIpc) is 2.43. The zero-order valence-corrected chi connectivity index (χ0v) is 12.0. The van der Waals surface area contributed by atoms with E-state index < -0.39 is 28.4 Å². The van der Waals surface area contributed by atoms with Crippen molar-refractivity contribution >= 4 is 0 Å². The lowest BCUT2D eigenvalue weighted by Gasteiger charge is -2.06. The predicted octanol–water partition coefficient (Wildman–Crippen LogP) is 2.27. The molecule has 7 heteroatoms. The minimum atomic E-state index is -0.809. The van der Waals surface area contributed by atoms with Gasteiger partial charge in [0.05, 0.1) is 5.56 Å². The van der Waals surface area contributed by atoms with E-state index in [-0.39, 0.29) is 22.8 Å². The van der Waals surface area contributed by atoms with Gasteiger partial charge in [0.25, 0.3) is 0 Å². The molecule has 5 N–H and O–H groups in total. The third-order valence-electron chi connectivity index (χ3n) is 2.87. The minimum absolute atomic E-state index is 0.0375. The standard InChI is InChI=1S/C16H14O7/c1-8-4-10(18)5-11(19)7-14(21)15(22)16(23-8)12-3-2-9(17)6-13(12)20/h2-7,17-18,20-22H,1H3. The van der Waals surface area contributed by atoms with Crippen LogP contribution in [-0.4, -0.2) is 25.5 Å². The molecule has 1 aromatic carbocycles. The Morgan fingerprint density at radius 1 is 0.826 bits per heavy atom. The molecule has 0 atom stereocenters. The molecule has 120 valence electrons. The highest BCUT2D eigenvalue weighted by Crippen LogP contribution is 2.39. The fourth-order valence-corrected chi connectivity index (χ4v) is 1.89. The number of hydrogen-bond acceptors (Lipinski definition) is 7. The number of aromatic hydroxyl groups is 5. The lowest BCUT2D eigenvalue weighted by atomic mass is 10.1. The maximum atomic E-state index is 11.6. The van der Waals surface area contributed by atoms with Gasteiger partial charge in [0, 0.05) is 24.3 Å². The van der Waals surface area contributed by atoms with Gasteiger partial charge in [-0.1, -0.05) is 0 Å². The molecule has 2 rings (SSSR count). The number of rotatable bonds is 1. The van der Waals surface area contributed by atoms with Crippen molar-refractivity contribution in [2.45, 2.75) is 6.92 Å². The molecule has 0 amide bonds. The van der Waals surface area contributed by atoms with Crippen molar-refractivity contribution < 1.29 is 29.9 Å². The van der Waals surface area contributed by atoms with Crippen LogP contribution in [0.5, 0.6) is 28.7 Å². The predicted molar refractivity (Wildman–Crippen MR) is 81.1 cm³/mol. The van der Waals surface area contributed by atoms with Crippen LogP contribution in [0.3, 0.4) is 0 Å². The van der Waals surface area contributed by atoms with Crippen LogP contribution in [0.2, 0.25) is 0 Å². The smallest absolute Gasteiger partial charge is 0.202 e. The highest BCUT2D eigenvalue weighted by atomic mass is 16.4. The van der Waals surface area contributed by atoms with Gasteiger partial charge in [-0.25, -0.2) is 0 Å². The summed E-state index contributed by atoms with van der Waals surface area (Å²) in [6, 6.07) is 6.14. The van der Waals surface area contributed by atoms with E-state index in [2.05, 4.69) is 0 Å². The van der Waals surface area contributed by atoms with E-state index in [1.165, 1.54) is 19.1 Å². The number of phenolic OH excluding ortho intramolecular Hbond substituents is 2. The van der Waals surface area contributed by atoms with Crippen molar-refractivity contribution in [2.24, 2.45) is 0 Å². The Hall–Kier alpha value is -3.35. The Bertz CT molecular complexity index is 867. The van der Waals surface area contributed by atoms with E-state index in [4.69, 9.17) is 4.42 Å². The normalized spacial score (nSPS) is 10.1. The first-order valence-corrected chi connectivity index (χ1v) is 6.45. The van der Waals surface area contributed by atoms with Crippen molar-refractivity contribution in [3.05, 3.63) is 52.4 Å². The van der Waals surface area contributed by atoms with E-state index in [0.29, 0.717) is 6.07 Å². The maximum absolute atomic E-state index is 11.6. The van der Waals surface area contributed by atoms with Gasteiger partial charge in [-0.3, -0.25) is 4.79 Å². The Labute approximate surface area is 130 Å². The van der Waals surface area contributed by atoms with Gasteiger partial charge in [-0.15, -0.1) is 0 Å². The summed E-state index contributed by atoms with van der Waals surface area (Å²) in [7, 11) is 0. The lowest BCUT2D eigenvalue weighted by Crippen LogP contribution is -1.92. The minimum Gasteiger partial charge on any atom is -0.508 e. The molecule has 0 aliphatic rings. The van der Waals surface area contributed by atoms with E-state index in [9.17, 15) is 30.3 Å². The Morgan fingerprint density at radius 2 is 1.52 bits per heavy atom. The van der Waals surface area contributed by atoms with Gasteiger partial charge in [-0.2, -0.15) is 0 Å². The summed E-state index contributed by atoms with van der Waals surface area (Å²) >= 11 is 0. The number of aryl methyl sites for hydroxylation is 1. The Morgan fingerprint density at radius 3 is 2.17 bits per heavy atom. The van der Waals surface area contributed by atoms with E-state index in [1.807, 2.05) is 0 Å². The van der Waals surface area contributed by atoms with E-state index >= 15 is 0 Å². The molecule has 0 radical (unpaired) electrons. The second-order valence-electron chi connectivity index (χ2n) is 4.74. The third kappa shape index (κ3) is 3.65. The molecule has 7 nitrogen and oxygen atoms in total. The first kappa shape index (κ1) is 16.0. The molecule has 1 heterocycles. The summed E-state index contributed by atoms with van der Waals surface area (Å²) in [5.74, 6) is -2.92. The molecule has 0 unspecified atom stereocenters. The second-order valence-corrected chi connectivity index (χ2v) is 4.74. The fourth-order valence-electron chi connectivity index (χ4n) is 1.89. The van der Waals surface area contributed by atoms with Crippen molar-refractivity contribution in [1.29, 1.82) is 0 Å². The molecule has 2 aromatic rings. The van der Waals surface area contributed by atoms with Crippen molar-refractivity contribution in [3.8, 4) is 40.1 Å². The average molecular weight is 318 g/mol. The molecule has 0 saturated heterocycles. The maximum Gasteiger partial charge on any atom is 0.202 e. The zero-order valence-electron chi connectivity index (χ0n) is 12.0. The number of hydrogen-bond donors (Lipinski definition) is 5.